The van der Waals surface area contributed by atoms with Crippen molar-refractivity contribution in [1.82, 2.24) is 20.4 Å². The molecule has 2 saturated heterocycles. The molecule has 1 unspecified atom stereocenters. The van der Waals surface area contributed by atoms with E-state index >= 15 is 0 Å². The third-order valence-electron chi connectivity index (χ3n) is 6.56. The van der Waals surface area contributed by atoms with E-state index in [1.807, 2.05) is 0 Å². The topological polar surface area (TPSA) is 47.6 Å². The molecule has 12 heteroatoms. The Morgan fingerprint density at radius 1 is 0.833 bits per heavy atom. The van der Waals surface area contributed by atoms with Gasteiger partial charge in [0.05, 0.1) is 23.2 Å². The van der Waals surface area contributed by atoms with Crippen LogP contribution in [0, 0.1) is 12.7 Å². The summed E-state index contributed by atoms with van der Waals surface area (Å²) in [6.45, 7) is 3.24. The summed E-state index contributed by atoms with van der Waals surface area (Å²) in [5.41, 5.74) is -1.75. The number of rotatable bonds is 2. The minimum absolute atomic E-state index is 0.00329. The zero-order chi connectivity index (χ0) is 26.3. The average molecular weight is 518 g/mol. The first-order chi connectivity index (χ1) is 16.9. The highest BCUT2D eigenvalue weighted by Gasteiger charge is 2.40. The molecule has 0 radical (unpaired) electrons. The van der Waals surface area contributed by atoms with Crippen molar-refractivity contribution in [3.63, 3.8) is 0 Å². The third kappa shape index (κ3) is 5.44. The Labute approximate surface area is 203 Å². The number of amides is 2. The second-order valence-corrected chi connectivity index (χ2v) is 8.95. The van der Waals surface area contributed by atoms with Crippen LogP contribution >= 0.6 is 0 Å². The molecule has 5 nitrogen and oxygen atoms in total. The molecule has 0 aliphatic carbocycles. The van der Waals surface area contributed by atoms with Gasteiger partial charge in [-0.3, -0.25) is 0 Å². The van der Waals surface area contributed by atoms with Gasteiger partial charge in [0.25, 0.3) is 0 Å². The summed E-state index contributed by atoms with van der Waals surface area (Å²) in [5, 5.41) is 6.15. The number of benzene rings is 2. The van der Waals surface area contributed by atoms with Crippen molar-refractivity contribution >= 4 is 6.03 Å². The smallest absolute Gasteiger partial charge is 0.315 e. The second kappa shape index (κ2) is 9.89. The second-order valence-electron chi connectivity index (χ2n) is 8.95. The van der Waals surface area contributed by atoms with E-state index < -0.39 is 47.4 Å². The summed E-state index contributed by atoms with van der Waals surface area (Å²) in [4.78, 5) is 16.6. The van der Waals surface area contributed by atoms with E-state index in [-0.39, 0.29) is 31.3 Å². The van der Waals surface area contributed by atoms with E-state index in [0.29, 0.717) is 42.9 Å². The lowest BCUT2D eigenvalue weighted by molar-refractivity contribution is -0.143. The van der Waals surface area contributed by atoms with Gasteiger partial charge in [-0.1, -0.05) is 6.07 Å². The number of nitrogens with zero attached hydrogens (tertiary/aromatic N) is 2. The lowest BCUT2D eigenvalue weighted by Crippen LogP contribution is -2.57. The van der Waals surface area contributed by atoms with Crippen LogP contribution in [0.3, 0.4) is 0 Å². The lowest BCUT2D eigenvalue weighted by atomic mass is 9.96. The molecular weight excluding hydrogens is 493 g/mol. The minimum Gasteiger partial charge on any atom is -0.315 e. The third-order valence-corrected chi connectivity index (χ3v) is 6.56. The SMILES string of the molecule is Cc1cc(F)ccc1[C@H]1CNCCN1C(=O)N1CCNCC1c1cc(C(F)(F)F)cc(C(F)(F)F)c1. The van der Waals surface area contributed by atoms with Crippen LogP contribution in [0.2, 0.25) is 0 Å². The Hall–Kier alpha value is -2.86. The zero-order valence-electron chi connectivity index (χ0n) is 19.3. The van der Waals surface area contributed by atoms with Gasteiger partial charge in [0.1, 0.15) is 5.82 Å². The van der Waals surface area contributed by atoms with Crippen molar-refractivity contribution in [3.05, 3.63) is 70.0 Å². The molecule has 2 aromatic carbocycles. The van der Waals surface area contributed by atoms with Crippen LogP contribution in [-0.2, 0) is 12.4 Å². The first kappa shape index (κ1) is 26.2. The maximum atomic E-state index is 13.7. The fraction of sp³-hybridized carbons (Fsp3) is 0.458. The van der Waals surface area contributed by atoms with Crippen molar-refractivity contribution < 1.29 is 35.5 Å². The largest absolute Gasteiger partial charge is 0.416 e. The van der Waals surface area contributed by atoms with Gasteiger partial charge >= 0.3 is 18.4 Å². The number of carbonyl (C=O) groups excluding carboxylic acids is 1. The number of halogens is 7. The number of aryl methyl sites for hydroxylation is 1. The molecule has 2 aliphatic heterocycles. The molecule has 2 heterocycles. The van der Waals surface area contributed by atoms with E-state index in [1.165, 1.54) is 17.0 Å². The zero-order valence-corrected chi connectivity index (χ0v) is 19.3. The Kier molecular flexibility index (Phi) is 7.20. The predicted molar refractivity (Wildman–Crippen MR) is 118 cm³/mol. The van der Waals surface area contributed by atoms with E-state index in [0.717, 1.165) is 0 Å². The van der Waals surface area contributed by atoms with Gasteiger partial charge in [-0.15, -0.1) is 0 Å². The van der Waals surface area contributed by atoms with Gasteiger partial charge < -0.3 is 20.4 Å². The Morgan fingerprint density at radius 3 is 1.89 bits per heavy atom. The van der Waals surface area contributed by atoms with Crippen LogP contribution in [0.5, 0.6) is 0 Å². The maximum Gasteiger partial charge on any atom is 0.416 e. The van der Waals surface area contributed by atoms with Gasteiger partial charge in [-0.05, 0) is 53.9 Å². The van der Waals surface area contributed by atoms with Gasteiger partial charge in [0.15, 0.2) is 0 Å². The molecule has 2 N–H and O–H groups in total. The molecule has 2 aliphatic rings. The summed E-state index contributed by atoms with van der Waals surface area (Å²) >= 11 is 0. The van der Waals surface area contributed by atoms with Crippen LogP contribution in [0.15, 0.2) is 36.4 Å². The average Bonchev–Trinajstić information content (AvgIpc) is 2.82. The highest BCUT2D eigenvalue weighted by molar-refractivity contribution is 5.76. The highest BCUT2D eigenvalue weighted by Crippen LogP contribution is 2.39. The predicted octanol–water partition coefficient (Wildman–Crippen LogP) is 4.88. The van der Waals surface area contributed by atoms with Crippen molar-refractivity contribution in [2.75, 3.05) is 39.3 Å². The molecule has 2 fully saturated rings. The quantitative estimate of drug-likeness (QED) is 0.557. The van der Waals surface area contributed by atoms with Gasteiger partial charge in [-0.25, -0.2) is 9.18 Å². The van der Waals surface area contributed by atoms with E-state index in [2.05, 4.69) is 10.6 Å². The van der Waals surface area contributed by atoms with Gasteiger partial charge in [0, 0.05) is 39.3 Å². The number of carbonyl (C=O) groups is 1. The monoisotopic (exact) mass is 518 g/mol. The lowest BCUT2D eigenvalue weighted by Gasteiger charge is -2.44. The molecule has 2 aromatic rings. The Balaban J connectivity index is 1.71. The fourth-order valence-corrected chi connectivity index (χ4v) is 4.79. The summed E-state index contributed by atoms with van der Waals surface area (Å²) < 4.78 is 94.4. The number of piperazine rings is 2. The molecule has 2 amide bonds. The number of hydrogen-bond acceptors (Lipinski definition) is 3. The van der Waals surface area contributed by atoms with E-state index in [9.17, 15) is 35.5 Å². The van der Waals surface area contributed by atoms with E-state index in [4.69, 9.17) is 0 Å². The van der Waals surface area contributed by atoms with Gasteiger partial charge in [-0.2, -0.15) is 26.3 Å². The molecule has 0 aromatic heterocycles. The van der Waals surface area contributed by atoms with Crippen molar-refractivity contribution in [3.8, 4) is 0 Å². The number of nitrogens with one attached hydrogen (secondary N) is 2. The van der Waals surface area contributed by atoms with Crippen molar-refractivity contribution in [1.29, 1.82) is 0 Å². The van der Waals surface area contributed by atoms with Crippen LogP contribution in [0.1, 0.15) is 39.9 Å². The van der Waals surface area contributed by atoms with E-state index in [1.54, 1.807) is 17.9 Å². The summed E-state index contributed by atoms with van der Waals surface area (Å²) in [6.07, 6.45) is -9.98. The molecule has 36 heavy (non-hydrogen) atoms. The molecule has 196 valence electrons. The Bertz CT molecular complexity index is 1090. The van der Waals surface area contributed by atoms with Gasteiger partial charge in [0.2, 0.25) is 0 Å². The first-order valence-electron chi connectivity index (χ1n) is 11.4. The maximum absolute atomic E-state index is 13.7. The molecule has 2 atom stereocenters. The van der Waals surface area contributed by atoms with Crippen molar-refractivity contribution in [2.45, 2.75) is 31.4 Å². The highest BCUT2D eigenvalue weighted by atomic mass is 19.4. The van der Waals surface area contributed by atoms with Crippen LogP contribution in [-0.4, -0.2) is 55.1 Å². The standard InChI is InChI=1S/C24H25F7N4O/c1-14-8-18(25)2-3-19(14)21-13-33-5-7-35(21)22(36)34-6-4-32-12-20(34)15-9-16(23(26,27)28)11-17(10-15)24(29,30)31/h2-3,8-11,20-21,32-33H,4-7,12-13H2,1H3/t20?,21-/m1/s1. The molecule has 4 rings (SSSR count). The van der Waals surface area contributed by atoms with Crippen molar-refractivity contribution in [2.24, 2.45) is 0 Å². The normalized spacial score (nSPS) is 21.6. The van der Waals surface area contributed by atoms with Crippen LogP contribution in [0.4, 0.5) is 35.5 Å². The number of hydrogen-bond donors (Lipinski definition) is 2. The molecule has 0 saturated carbocycles. The summed E-state index contributed by atoms with van der Waals surface area (Å²) in [6, 6.07) is 3.63. The van der Waals surface area contributed by atoms with Crippen LogP contribution in [0.25, 0.3) is 0 Å². The Morgan fingerprint density at radius 2 is 1.36 bits per heavy atom. The number of alkyl halides is 6. The first-order valence-corrected chi connectivity index (χ1v) is 11.4. The molecule has 0 bridgehead atoms. The summed E-state index contributed by atoms with van der Waals surface area (Å²) in [7, 11) is 0. The van der Waals surface area contributed by atoms with Crippen LogP contribution < -0.4 is 10.6 Å². The molecule has 0 spiro atoms. The fourth-order valence-electron chi connectivity index (χ4n) is 4.79. The minimum atomic E-state index is -4.99. The summed E-state index contributed by atoms with van der Waals surface area (Å²) in [5.74, 6) is -0.426. The number of urea groups is 1. The molecular formula is C24H25F7N4O.